The molecule has 0 fully saturated rings. The zero-order valence-electron chi connectivity index (χ0n) is 18.7. The smallest absolute Gasteiger partial charge is 0.209 e. The number of nitrogens with zero attached hydrogens (tertiary/aromatic N) is 1. The Kier molecular flexibility index (Phi) is 10.2. The third-order valence-corrected chi connectivity index (χ3v) is 5.21. The maximum Gasteiger partial charge on any atom is 0.209 e. The molecule has 0 amide bonds. The van der Waals surface area contributed by atoms with Crippen LogP contribution in [0.2, 0.25) is 0 Å². The molecule has 0 saturated carbocycles. The number of nitrogens with one attached hydrogen (secondary N) is 3. The van der Waals surface area contributed by atoms with E-state index in [4.69, 9.17) is 9.47 Å². The fourth-order valence-corrected chi connectivity index (χ4v) is 4.32. The van der Waals surface area contributed by atoms with Crippen molar-refractivity contribution in [1.29, 1.82) is 0 Å². The topological polar surface area (TPSA) is 101 Å². The van der Waals surface area contributed by atoms with Crippen molar-refractivity contribution in [3.05, 3.63) is 23.3 Å². The third kappa shape index (κ3) is 8.46. The minimum atomic E-state index is -3.30. The minimum Gasteiger partial charge on any atom is -0.494 e. The van der Waals surface area contributed by atoms with Gasteiger partial charge in [-0.3, -0.25) is 0 Å². The van der Waals surface area contributed by atoms with Gasteiger partial charge in [0.05, 0.1) is 19.4 Å². The Labute approximate surface area is 197 Å². The lowest BCUT2D eigenvalue weighted by molar-refractivity contribution is 0.254. The van der Waals surface area contributed by atoms with Crippen molar-refractivity contribution in [1.82, 2.24) is 15.4 Å². The van der Waals surface area contributed by atoms with E-state index < -0.39 is 15.6 Å². The number of fused-ring (bicyclic) bond motifs is 1. The molecule has 1 aliphatic rings. The van der Waals surface area contributed by atoms with Gasteiger partial charge in [-0.05, 0) is 46.8 Å². The van der Waals surface area contributed by atoms with Crippen LogP contribution >= 0.6 is 24.0 Å². The largest absolute Gasteiger partial charge is 0.494 e. The van der Waals surface area contributed by atoms with Crippen LogP contribution in [0, 0.1) is 0 Å². The Hall–Kier alpha value is -1.27. The second-order valence-electron chi connectivity index (χ2n) is 7.94. The quantitative estimate of drug-likeness (QED) is 0.246. The SMILES string of the molecule is CCNC(=NCc1cc2c(cc1OCC)CC(C)O2)NCC(C)(C)NS(C)(=O)=O.I. The predicted molar refractivity (Wildman–Crippen MR) is 132 cm³/mol. The van der Waals surface area contributed by atoms with E-state index in [2.05, 4.69) is 27.3 Å². The molecular formula is C20H35IN4O4S. The highest BCUT2D eigenvalue weighted by molar-refractivity contribution is 14.0. The van der Waals surface area contributed by atoms with E-state index in [1.165, 1.54) is 0 Å². The summed E-state index contributed by atoms with van der Waals surface area (Å²) in [5, 5.41) is 6.39. The molecule has 0 saturated heterocycles. The molecule has 10 heteroatoms. The van der Waals surface area contributed by atoms with Gasteiger partial charge in [-0.25, -0.2) is 18.1 Å². The lowest BCUT2D eigenvalue weighted by Gasteiger charge is -2.26. The monoisotopic (exact) mass is 554 g/mol. The second-order valence-corrected chi connectivity index (χ2v) is 9.69. The first-order chi connectivity index (χ1) is 13.5. The van der Waals surface area contributed by atoms with Crippen molar-refractivity contribution >= 4 is 40.0 Å². The summed E-state index contributed by atoms with van der Waals surface area (Å²) in [7, 11) is -3.30. The number of halogens is 1. The molecule has 1 aliphatic heterocycles. The van der Waals surface area contributed by atoms with Crippen molar-refractivity contribution in [2.75, 3.05) is 26.0 Å². The molecule has 0 bridgehead atoms. The first kappa shape index (κ1) is 26.8. The fraction of sp³-hybridized carbons (Fsp3) is 0.650. The number of sulfonamides is 1. The van der Waals surface area contributed by atoms with E-state index in [0.29, 0.717) is 32.2 Å². The van der Waals surface area contributed by atoms with Gasteiger partial charge in [-0.15, -0.1) is 24.0 Å². The van der Waals surface area contributed by atoms with Gasteiger partial charge in [0.2, 0.25) is 10.0 Å². The fourth-order valence-electron chi connectivity index (χ4n) is 3.24. The van der Waals surface area contributed by atoms with Gasteiger partial charge in [-0.1, -0.05) is 0 Å². The van der Waals surface area contributed by atoms with E-state index in [1.807, 2.05) is 39.8 Å². The molecule has 3 N–H and O–H groups in total. The van der Waals surface area contributed by atoms with E-state index in [1.54, 1.807) is 0 Å². The number of aliphatic imine (C=N–C) groups is 1. The van der Waals surface area contributed by atoms with Gasteiger partial charge >= 0.3 is 0 Å². The summed E-state index contributed by atoms with van der Waals surface area (Å²) in [6, 6.07) is 4.05. The summed E-state index contributed by atoms with van der Waals surface area (Å²) in [6.45, 7) is 11.7. The summed E-state index contributed by atoms with van der Waals surface area (Å²) in [5.41, 5.74) is 1.45. The number of hydrogen-bond acceptors (Lipinski definition) is 5. The predicted octanol–water partition coefficient (Wildman–Crippen LogP) is 2.41. The van der Waals surface area contributed by atoms with Crippen LogP contribution in [-0.4, -0.2) is 52.0 Å². The van der Waals surface area contributed by atoms with Gasteiger partial charge in [0, 0.05) is 36.2 Å². The average molecular weight is 554 g/mol. The standard InChI is InChI=1S/C20H34N4O4S.HI/c1-7-21-19(23-13-20(4,5)24-29(6,25)26)22-12-16-11-18-15(9-14(3)28-18)10-17(16)27-8-2;/h10-11,14,24H,7-9,12-13H2,1-6H3,(H2,21,22,23);1H. The lowest BCUT2D eigenvalue weighted by Crippen LogP contribution is -2.53. The highest BCUT2D eigenvalue weighted by atomic mass is 127. The molecule has 8 nitrogen and oxygen atoms in total. The van der Waals surface area contributed by atoms with Crippen LogP contribution in [0.5, 0.6) is 11.5 Å². The molecule has 0 aromatic heterocycles. The van der Waals surface area contributed by atoms with Crippen molar-refractivity contribution in [3.8, 4) is 11.5 Å². The van der Waals surface area contributed by atoms with Crippen molar-refractivity contribution in [3.63, 3.8) is 0 Å². The lowest BCUT2D eigenvalue weighted by atomic mass is 10.1. The first-order valence-electron chi connectivity index (χ1n) is 9.99. The van der Waals surface area contributed by atoms with Crippen LogP contribution < -0.4 is 24.8 Å². The Balaban J connectivity index is 0.00000450. The van der Waals surface area contributed by atoms with Gasteiger partial charge in [0.1, 0.15) is 17.6 Å². The Bertz CT molecular complexity index is 843. The molecule has 1 atom stereocenters. The average Bonchev–Trinajstić information content (AvgIpc) is 2.94. The molecule has 1 heterocycles. The van der Waals surface area contributed by atoms with Crippen LogP contribution in [0.25, 0.3) is 0 Å². The summed E-state index contributed by atoms with van der Waals surface area (Å²) in [6.07, 6.45) is 2.20. The van der Waals surface area contributed by atoms with Gasteiger partial charge in [0.15, 0.2) is 5.96 Å². The highest BCUT2D eigenvalue weighted by Crippen LogP contribution is 2.35. The molecule has 2 rings (SSSR count). The van der Waals surface area contributed by atoms with Crippen LogP contribution in [0.15, 0.2) is 17.1 Å². The summed E-state index contributed by atoms with van der Waals surface area (Å²) >= 11 is 0. The highest BCUT2D eigenvalue weighted by Gasteiger charge is 2.23. The number of guanidine groups is 1. The number of hydrogen-bond donors (Lipinski definition) is 3. The van der Waals surface area contributed by atoms with Crippen molar-refractivity contribution in [2.24, 2.45) is 4.99 Å². The molecule has 0 radical (unpaired) electrons. The molecule has 1 aromatic carbocycles. The van der Waals surface area contributed by atoms with E-state index >= 15 is 0 Å². The van der Waals surface area contributed by atoms with E-state index in [0.717, 1.165) is 35.3 Å². The van der Waals surface area contributed by atoms with Gasteiger partial charge in [-0.2, -0.15) is 0 Å². The Morgan fingerprint density at radius 2 is 2.00 bits per heavy atom. The molecular weight excluding hydrogens is 519 g/mol. The number of ether oxygens (including phenoxy) is 2. The van der Waals surface area contributed by atoms with Crippen molar-refractivity contribution < 1.29 is 17.9 Å². The van der Waals surface area contributed by atoms with Crippen LogP contribution in [-0.2, 0) is 23.0 Å². The zero-order valence-corrected chi connectivity index (χ0v) is 21.8. The number of benzene rings is 1. The van der Waals surface area contributed by atoms with Gasteiger partial charge in [0.25, 0.3) is 0 Å². The second kappa shape index (κ2) is 11.4. The third-order valence-electron chi connectivity index (χ3n) is 4.29. The molecule has 172 valence electrons. The zero-order chi connectivity index (χ0) is 21.7. The van der Waals surface area contributed by atoms with E-state index in [-0.39, 0.29) is 30.1 Å². The molecule has 1 aromatic rings. The van der Waals surface area contributed by atoms with Crippen LogP contribution in [0.1, 0.15) is 45.7 Å². The maximum absolute atomic E-state index is 11.5. The molecule has 0 aliphatic carbocycles. The van der Waals surface area contributed by atoms with Crippen LogP contribution in [0.3, 0.4) is 0 Å². The normalized spacial score (nSPS) is 16.3. The first-order valence-corrected chi connectivity index (χ1v) is 11.9. The van der Waals surface area contributed by atoms with E-state index in [9.17, 15) is 8.42 Å². The van der Waals surface area contributed by atoms with Crippen LogP contribution in [0.4, 0.5) is 0 Å². The molecule has 0 spiro atoms. The minimum absolute atomic E-state index is 0. The summed E-state index contributed by atoms with van der Waals surface area (Å²) < 4.78 is 37.4. The molecule has 1 unspecified atom stereocenters. The van der Waals surface area contributed by atoms with Crippen molar-refractivity contribution in [2.45, 2.75) is 59.2 Å². The Morgan fingerprint density at radius 1 is 1.30 bits per heavy atom. The maximum atomic E-state index is 11.5. The summed E-state index contributed by atoms with van der Waals surface area (Å²) in [4.78, 5) is 4.65. The molecule has 30 heavy (non-hydrogen) atoms. The summed E-state index contributed by atoms with van der Waals surface area (Å²) in [5.74, 6) is 2.32. The Morgan fingerprint density at radius 3 is 2.60 bits per heavy atom. The van der Waals surface area contributed by atoms with Gasteiger partial charge < -0.3 is 20.1 Å². The number of rotatable bonds is 9.